The molecule has 1 amide bonds. The molecule has 102 valence electrons. The highest BCUT2D eigenvalue weighted by atomic mass is 16.5. The molecule has 0 aliphatic carbocycles. The Hall–Kier alpha value is -2.22. The summed E-state index contributed by atoms with van der Waals surface area (Å²) in [6.07, 6.45) is 0.885. The summed E-state index contributed by atoms with van der Waals surface area (Å²) < 4.78 is 5.20. The van der Waals surface area contributed by atoms with Crippen LogP contribution in [0, 0.1) is 11.3 Å². The number of carbonyl (C=O) groups is 1. The maximum atomic E-state index is 11.8. The molecule has 0 radical (unpaired) electrons. The van der Waals surface area contributed by atoms with Gasteiger partial charge in [0.15, 0.2) is 0 Å². The van der Waals surface area contributed by atoms with Gasteiger partial charge in [0.25, 0.3) is 0 Å². The van der Waals surface area contributed by atoms with Crippen molar-refractivity contribution in [2.24, 2.45) is 0 Å². The lowest BCUT2D eigenvalue weighted by molar-refractivity contribution is -0.121. The van der Waals surface area contributed by atoms with Gasteiger partial charge in [0.05, 0.1) is 18.4 Å². The fourth-order valence-corrected chi connectivity index (χ4v) is 1.63. The molecule has 5 nitrogen and oxygen atoms in total. The van der Waals surface area contributed by atoms with Gasteiger partial charge in [-0.05, 0) is 25.5 Å². The number of ether oxygens (including phenoxy) is 1. The second kappa shape index (κ2) is 7.27. The quantitative estimate of drug-likeness (QED) is 0.820. The number of anilines is 1. The highest BCUT2D eigenvalue weighted by molar-refractivity contribution is 5.85. The molecule has 0 saturated heterocycles. The zero-order chi connectivity index (χ0) is 14.3. The molecule has 0 bridgehead atoms. The third-order valence-corrected chi connectivity index (χ3v) is 2.67. The van der Waals surface area contributed by atoms with E-state index in [1.165, 1.54) is 7.11 Å². The van der Waals surface area contributed by atoms with Gasteiger partial charge in [0.1, 0.15) is 17.9 Å². The summed E-state index contributed by atoms with van der Waals surface area (Å²) in [4.78, 5) is 11.8. The van der Waals surface area contributed by atoms with Crippen LogP contribution in [0.15, 0.2) is 18.2 Å². The lowest BCUT2D eigenvalue weighted by atomic mass is 10.1. The Kier molecular flexibility index (Phi) is 5.68. The Morgan fingerprint density at radius 3 is 2.84 bits per heavy atom. The third kappa shape index (κ3) is 3.88. The maximum Gasteiger partial charge on any atom is 0.242 e. The van der Waals surface area contributed by atoms with Gasteiger partial charge in [0.2, 0.25) is 5.91 Å². The second-order valence-electron chi connectivity index (χ2n) is 4.15. The van der Waals surface area contributed by atoms with E-state index in [1.807, 2.05) is 6.92 Å². The van der Waals surface area contributed by atoms with E-state index in [2.05, 4.69) is 16.7 Å². The average Bonchev–Trinajstić information content (AvgIpc) is 2.44. The summed E-state index contributed by atoms with van der Waals surface area (Å²) in [5.41, 5.74) is 1.00. The number of carbonyl (C=O) groups excluding carboxylic acids is 1. The first-order valence-corrected chi connectivity index (χ1v) is 6.25. The molecule has 0 spiro atoms. The van der Waals surface area contributed by atoms with Crippen molar-refractivity contribution in [2.45, 2.75) is 26.3 Å². The van der Waals surface area contributed by atoms with Crippen molar-refractivity contribution in [2.75, 3.05) is 19.0 Å². The summed E-state index contributed by atoms with van der Waals surface area (Å²) in [5, 5.41) is 14.9. The molecular formula is C14H19N3O2. The van der Waals surface area contributed by atoms with E-state index in [4.69, 9.17) is 10.00 Å². The third-order valence-electron chi connectivity index (χ3n) is 2.67. The Labute approximate surface area is 113 Å². The number of benzene rings is 1. The smallest absolute Gasteiger partial charge is 0.242 e. The average molecular weight is 261 g/mol. The van der Waals surface area contributed by atoms with Crippen LogP contribution in [0.4, 0.5) is 5.69 Å². The van der Waals surface area contributed by atoms with Crippen molar-refractivity contribution in [3.05, 3.63) is 23.8 Å². The number of rotatable bonds is 6. The van der Waals surface area contributed by atoms with Crippen molar-refractivity contribution >= 4 is 11.6 Å². The van der Waals surface area contributed by atoms with E-state index in [0.29, 0.717) is 23.5 Å². The van der Waals surface area contributed by atoms with Gasteiger partial charge in [-0.1, -0.05) is 13.0 Å². The number of para-hydroxylation sites is 1. The number of amides is 1. The molecule has 19 heavy (non-hydrogen) atoms. The molecule has 1 rings (SSSR count). The summed E-state index contributed by atoms with van der Waals surface area (Å²) in [5.74, 6) is 0.450. The van der Waals surface area contributed by atoms with Crippen molar-refractivity contribution in [1.82, 2.24) is 5.32 Å². The standard InChI is InChI=1S/C14H19N3O2/c1-4-8-16-14(18)10(2)17-13-11(9-15)6-5-7-12(13)19-3/h5-7,10,17H,4,8H2,1-3H3,(H,16,18). The van der Waals surface area contributed by atoms with E-state index in [9.17, 15) is 4.79 Å². The van der Waals surface area contributed by atoms with Crippen molar-refractivity contribution in [3.8, 4) is 11.8 Å². The van der Waals surface area contributed by atoms with E-state index in [1.54, 1.807) is 25.1 Å². The highest BCUT2D eigenvalue weighted by Gasteiger charge is 2.16. The molecule has 0 aliphatic heterocycles. The first kappa shape index (κ1) is 14.8. The molecule has 1 atom stereocenters. The molecule has 0 aromatic heterocycles. The van der Waals surface area contributed by atoms with Crippen LogP contribution in [0.25, 0.3) is 0 Å². The monoisotopic (exact) mass is 261 g/mol. The molecular weight excluding hydrogens is 242 g/mol. The minimum Gasteiger partial charge on any atom is -0.495 e. The van der Waals surface area contributed by atoms with E-state index in [-0.39, 0.29) is 5.91 Å². The zero-order valence-electron chi connectivity index (χ0n) is 11.5. The van der Waals surface area contributed by atoms with Crippen LogP contribution in [0.3, 0.4) is 0 Å². The van der Waals surface area contributed by atoms with E-state index >= 15 is 0 Å². The fraction of sp³-hybridized carbons (Fsp3) is 0.429. The largest absolute Gasteiger partial charge is 0.495 e. The Balaban J connectivity index is 2.86. The number of nitrogens with zero attached hydrogens (tertiary/aromatic N) is 1. The first-order valence-electron chi connectivity index (χ1n) is 6.25. The van der Waals surface area contributed by atoms with Crippen LogP contribution in [0.1, 0.15) is 25.8 Å². The molecule has 1 aromatic rings. The molecule has 0 aliphatic rings. The number of nitrogens with one attached hydrogen (secondary N) is 2. The van der Waals surface area contributed by atoms with Gasteiger partial charge in [-0.3, -0.25) is 4.79 Å². The number of hydrogen-bond acceptors (Lipinski definition) is 4. The minimum absolute atomic E-state index is 0.100. The summed E-state index contributed by atoms with van der Waals surface area (Å²) in [6, 6.07) is 6.82. The van der Waals surface area contributed by atoms with Gasteiger partial charge < -0.3 is 15.4 Å². The fourth-order valence-electron chi connectivity index (χ4n) is 1.63. The van der Waals surface area contributed by atoms with E-state index < -0.39 is 6.04 Å². The van der Waals surface area contributed by atoms with E-state index in [0.717, 1.165) is 6.42 Å². The van der Waals surface area contributed by atoms with Crippen molar-refractivity contribution in [1.29, 1.82) is 5.26 Å². The van der Waals surface area contributed by atoms with Crippen LogP contribution >= 0.6 is 0 Å². The number of nitriles is 1. The van der Waals surface area contributed by atoms with Crippen LogP contribution in [0.5, 0.6) is 5.75 Å². The normalized spacial score (nSPS) is 11.3. The van der Waals surface area contributed by atoms with Crippen LogP contribution in [-0.4, -0.2) is 25.6 Å². The SMILES string of the molecule is CCCNC(=O)C(C)Nc1c(C#N)cccc1OC. The molecule has 5 heteroatoms. The highest BCUT2D eigenvalue weighted by Crippen LogP contribution is 2.28. The predicted molar refractivity (Wildman–Crippen MR) is 74.1 cm³/mol. The molecule has 0 saturated carbocycles. The van der Waals surface area contributed by atoms with Gasteiger partial charge in [-0.2, -0.15) is 5.26 Å². The lowest BCUT2D eigenvalue weighted by Crippen LogP contribution is -2.38. The minimum atomic E-state index is -0.435. The first-order chi connectivity index (χ1) is 9.13. The molecule has 0 heterocycles. The van der Waals surface area contributed by atoms with Gasteiger partial charge in [-0.25, -0.2) is 0 Å². The van der Waals surface area contributed by atoms with Crippen molar-refractivity contribution in [3.63, 3.8) is 0 Å². The van der Waals surface area contributed by atoms with Crippen LogP contribution < -0.4 is 15.4 Å². The van der Waals surface area contributed by atoms with Crippen LogP contribution in [-0.2, 0) is 4.79 Å². The Bertz CT molecular complexity index is 480. The van der Waals surface area contributed by atoms with Gasteiger partial charge in [-0.15, -0.1) is 0 Å². The zero-order valence-corrected chi connectivity index (χ0v) is 11.5. The summed E-state index contributed by atoms with van der Waals surface area (Å²) in [6.45, 7) is 4.38. The van der Waals surface area contributed by atoms with Gasteiger partial charge >= 0.3 is 0 Å². The van der Waals surface area contributed by atoms with Crippen molar-refractivity contribution < 1.29 is 9.53 Å². The Morgan fingerprint density at radius 1 is 1.53 bits per heavy atom. The lowest BCUT2D eigenvalue weighted by Gasteiger charge is -2.18. The summed E-state index contributed by atoms with van der Waals surface area (Å²) >= 11 is 0. The topological polar surface area (TPSA) is 74.2 Å². The number of methoxy groups -OCH3 is 1. The van der Waals surface area contributed by atoms with Crippen LogP contribution in [0.2, 0.25) is 0 Å². The summed E-state index contributed by atoms with van der Waals surface area (Å²) in [7, 11) is 1.53. The molecule has 1 aromatic carbocycles. The second-order valence-corrected chi connectivity index (χ2v) is 4.15. The van der Waals surface area contributed by atoms with Gasteiger partial charge in [0, 0.05) is 6.54 Å². The maximum absolute atomic E-state index is 11.8. The Morgan fingerprint density at radius 2 is 2.26 bits per heavy atom. The number of hydrogen-bond donors (Lipinski definition) is 2. The molecule has 1 unspecified atom stereocenters. The molecule has 0 fully saturated rings. The molecule has 2 N–H and O–H groups in total. The predicted octanol–water partition coefficient (Wildman–Crippen LogP) is 1.89.